The summed E-state index contributed by atoms with van der Waals surface area (Å²) >= 11 is 0. The number of carbonyl (C=O) groups is 1. The average molecular weight is 470 g/mol. The largest absolute Gasteiger partial charge is 0.495 e. The maximum atomic E-state index is 13.1. The third-order valence-corrected chi connectivity index (χ3v) is 9.03. The van der Waals surface area contributed by atoms with Crippen molar-refractivity contribution in [1.82, 2.24) is 4.72 Å². The van der Waals surface area contributed by atoms with Crippen molar-refractivity contribution in [2.45, 2.75) is 49.0 Å². The monoisotopic (exact) mass is 469 g/mol. The third-order valence-electron chi connectivity index (χ3n) is 7.60. The van der Waals surface area contributed by atoms with Crippen molar-refractivity contribution in [3.63, 3.8) is 0 Å². The van der Waals surface area contributed by atoms with Gasteiger partial charge in [0, 0.05) is 11.1 Å². The van der Waals surface area contributed by atoms with Crippen LogP contribution in [0.2, 0.25) is 0 Å². The van der Waals surface area contributed by atoms with Crippen molar-refractivity contribution in [2.24, 2.45) is 17.8 Å². The minimum Gasteiger partial charge on any atom is -0.495 e. The van der Waals surface area contributed by atoms with Crippen molar-refractivity contribution < 1.29 is 17.9 Å². The summed E-state index contributed by atoms with van der Waals surface area (Å²) in [5.41, 5.74) is 1.98. The Hall–Kier alpha value is -2.58. The lowest BCUT2D eigenvalue weighted by Crippen LogP contribution is -2.54. The Labute approximate surface area is 195 Å². The van der Waals surface area contributed by atoms with Gasteiger partial charge >= 0.3 is 0 Å². The molecule has 2 aromatic rings. The lowest BCUT2D eigenvalue weighted by molar-refractivity contribution is 0.0107. The standard InChI is InChI=1S/C25H31N3O4S/c1-26-33(30,31)23-12-19(7-8-22(23)32-2)24(29)27-20-5-3-4-6-21(20)28-25-13-16-9-17(14-25)11-18(10-16)15-25/h3-8,12,16-18,26,28H,9-11,13-15H2,1-2H3,(H,27,29). The fourth-order valence-electron chi connectivity index (χ4n) is 6.58. The van der Waals surface area contributed by atoms with Crippen molar-refractivity contribution in [1.29, 1.82) is 0 Å². The smallest absolute Gasteiger partial charge is 0.255 e. The number of hydrogen-bond acceptors (Lipinski definition) is 5. The highest BCUT2D eigenvalue weighted by atomic mass is 32.2. The number of carbonyl (C=O) groups excluding carboxylic acids is 1. The number of ether oxygens (including phenoxy) is 1. The molecule has 4 saturated carbocycles. The molecule has 0 aromatic heterocycles. The van der Waals surface area contributed by atoms with Crippen LogP contribution in [0.1, 0.15) is 48.9 Å². The maximum absolute atomic E-state index is 13.1. The van der Waals surface area contributed by atoms with Gasteiger partial charge in [0.1, 0.15) is 10.6 Å². The second-order valence-corrected chi connectivity index (χ2v) is 11.8. The van der Waals surface area contributed by atoms with E-state index >= 15 is 0 Å². The topological polar surface area (TPSA) is 96.5 Å². The van der Waals surface area contributed by atoms with Gasteiger partial charge in [-0.25, -0.2) is 13.1 Å². The third kappa shape index (κ3) is 4.22. The minimum absolute atomic E-state index is 0.0693. The second-order valence-electron chi connectivity index (χ2n) is 9.90. The van der Waals surface area contributed by atoms with Crippen molar-refractivity contribution >= 4 is 27.3 Å². The van der Waals surface area contributed by atoms with Crippen LogP contribution in [0.25, 0.3) is 0 Å². The van der Waals surface area contributed by atoms with E-state index in [9.17, 15) is 13.2 Å². The van der Waals surface area contributed by atoms with E-state index in [0.29, 0.717) is 5.69 Å². The molecule has 0 saturated heterocycles. The Kier molecular flexibility index (Phi) is 5.61. The summed E-state index contributed by atoms with van der Waals surface area (Å²) in [6.45, 7) is 0. The molecule has 3 N–H and O–H groups in total. The normalized spacial score (nSPS) is 27.9. The minimum atomic E-state index is -3.78. The van der Waals surface area contributed by atoms with E-state index in [0.717, 1.165) is 23.4 Å². The van der Waals surface area contributed by atoms with E-state index in [4.69, 9.17) is 4.74 Å². The Morgan fingerprint density at radius 3 is 2.15 bits per heavy atom. The van der Waals surface area contributed by atoms with Gasteiger partial charge in [-0.2, -0.15) is 0 Å². The Morgan fingerprint density at radius 2 is 1.58 bits per heavy atom. The van der Waals surface area contributed by atoms with Gasteiger partial charge in [-0.3, -0.25) is 4.79 Å². The number of benzene rings is 2. The van der Waals surface area contributed by atoms with E-state index in [1.54, 1.807) is 6.07 Å². The molecule has 4 aliphatic carbocycles. The van der Waals surface area contributed by atoms with Crippen molar-refractivity contribution in [3.05, 3.63) is 48.0 Å². The molecule has 4 fully saturated rings. The van der Waals surface area contributed by atoms with Gasteiger partial charge < -0.3 is 15.4 Å². The number of nitrogens with one attached hydrogen (secondary N) is 3. The second kappa shape index (κ2) is 8.33. The van der Waals surface area contributed by atoms with E-state index in [-0.39, 0.29) is 27.7 Å². The number of anilines is 2. The predicted octanol–water partition coefficient (Wildman–Crippen LogP) is 4.24. The zero-order valence-corrected chi connectivity index (χ0v) is 19.9. The average Bonchev–Trinajstić information content (AvgIpc) is 2.78. The Morgan fingerprint density at radius 1 is 0.970 bits per heavy atom. The van der Waals surface area contributed by atoms with Crippen LogP contribution in [0.4, 0.5) is 11.4 Å². The lowest BCUT2D eigenvalue weighted by Gasteiger charge is -2.57. The number of methoxy groups -OCH3 is 1. The molecule has 0 aliphatic heterocycles. The van der Waals surface area contributed by atoms with E-state index in [1.807, 2.05) is 24.3 Å². The summed E-state index contributed by atoms with van der Waals surface area (Å²) in [5.74, 6) is 2.27. The molecule has 0 heterocycles. The lowest BCUT2D eigenvalue weighted by atomic mass is 9.53. The van der Waals surface area contributed by atoms with Crippen molar-refractivity contribution in [3.8, 4) is 5.75 Å². The van der Waals surface area contributed by atoms with Gasteiger partial charge in [0.2, 0.25) is 10.0 Å². The molecule has 4 aliphatic rings. The summed E-state index contributed by atoms with van der Waals surface area (Å²) in [6, 6.07) is 12.2. The van der Waals surface area contributed by atoms with Gasteiger partial charge in [0.05, 0.1) is 18.5 Å². The quantitative estimate of drug-likeness (QED) is 0.564. The van der Waals surface area contributed by atoms with Crippen LogP contribution in [0.5, 0.6) is 5.75 Å². The van der Waals surface area contributed by atoms with E-state index < -0.39 is 10.0 Å². The molecule has 33 heavy (non-hydrogen) atoms. The Balaban J connectivity index is 1.39. The molecular weight excluding hydrogens is 438 g/mol. The zero-order valence-electron chi connectivity index (χ0n) is 19.1. The molecule has 6 rings (SSSR count). The van der Waals surface area contributed by atoms with Crippen molar-refractivity contribution in [2.75, 3.05) is 24.8 Å². The molecule has 0 radical (unpaired) electrons. The SMILES string of the molecule is CNS(=O)(=O)c1cc(C(=O)Nc2ccccc2NC23CC4CC(CC(C4)C2)C3)ccc1OC. The molecule has 8 heteroatoms. The molecular formula is C25H31N3O4S. The molecule has 176 valence electrons. The molecule has 7 nitrogen and oxygen atoms in total. The first kappa shape index (κ1) is 22.2. The van der Waals surface area contributed by atoms with Gasteiger partial charge in [0.25, 0.3) is 5.91 Å². The summed E-state index contributed by atoms with van der Waals surface area (Å²) < 4.78 is 32.2. The van der Waals surface area contributed by atoms with Gasteiger partial charge in [-0.05, 0) is 93.7 Å². The van der Waals surface area contributed by atoms with Crippen LogP contribution < -0.4 is 20.1 Å². The van der Waals surface area contributed by atoms with Crippen LogP contribution in [-0.2, 0) is 10.0 Å². The molecule has 0 atom stereocenters. The molecule has 0 spiro atoms. The highest BCUT2D eigenvalue weighted by molar-refractivity contribution is 7.89. The van der Waals surface area contributed by atoms with Crippen LogP contribution in [0.15, 0.2) is 47.4 Å². The van der Waals surface area contributed by atoms with E-state index in [1.165, 1.54) is 64.8 Å². The first-order valence-electron chi connectivity index (χ1n) is 11.6. The molecule has 1 amide bonds. The van der Waals surface area contributed by atoms with Crippen LogP contribution in [0.3, 0.4) is 0 Å². The summed E-state index contributed by atoms with van der Waals surface area (Å²) in [7, 11) is -1.05. The number of hydrogen-bond donors (Lipinski definition) is 3. The van der Waals surface area contributed by atoms with Gasteiger partial charge in [-0.15, -0.1) is 0 Å². The number of sulfonamides is 1. The predicted molar refractivity (Wildman–Crippen MR) is 128 cm³/mol. The first-order chi connectivity index (χ1) is 15.8. The summed E-state index contributed by atoms with van der Waals surface area (Å²) in [5, 5.41) is 6.82. The Bertz CT molecular complexity index is 1140. The first-order valence-corrected chi connectivity index (χ1v) is 13.1. The fourth-order valence-corrected chi connectivity index (χ4v) is 7.50. The number of para-hydroxylation sites is 2. The molecule has 0 unspecified atom stereocenters. The van der Waals surface area contributed by atoms with E-state index in [2.05, 4.69) is 15.4 Å². The highest BCUT2D eigenvalue weighted by Crippen LogP contribution is 2.56. The van der Waals surface area contributed by atoms with Crippen LogP contribution >= 0.6 is 0 Å². The maximum Gasteiger partial charge on any atom is 0.255 e. The zero-order chi connectivity index (χ0) is 23.2. The molecule has 4 bridgehead atoms. The number of rotatable bonds is 7. The number of amides is 1. The summed E-state index contributed by atoms with van der Waals surface area (Å²) in [6.07, 6.45) is 7.71. The highest BCUT2D eigenvalue weighted by Gasteiger charge is 2.51. The van der Waals surface area contributed by atoms with Gasteiger partial charge in [0.15, 0.2) is 0 Å². The molecule has 2 aromatic carbocycles. The fraction of sp³-hybridized carbons (Fsp3) is 0.480. The summed E-state index contributed by atoms with van der Waals surface area (Å²) in [4.78, 5) is 13.0. The van der Waals surface area contributed by atoms with Crippen LogP contribution in [-0.4, -0.2) is 34.0 Å². The van der Waals surface area contributed by atoms with Gasteiger partial charge in [-0.1, -0.05) is 12.1 Å². The van der Waals surface area contributed by atoms with Crippen LogP contribution in [0, 0.1) is 17.8 Å².